The van der Waals surface area contributed by atoms with Gasteiger partial charge in [-0.05, 0) is 58.1 Å². The smallest absolute Gasteiger partial charge is 0.253 e. The summed E-state index contributed by atoms with van der Waals surface area (Å²) in [6.45, 7) is 5.88. The van der Waals surface area contributed by atoms with Gasteiger partial charge in [0.1, 0.15) is 6.04 Å². The Morgan fingerprint density at radius 2 is 1.80 bits per heavy atom. The molecule has 0 radical (unpaired) electrons. The molecular formula is C20H23BrN2O2. The molecular weight excluding hydrogens is 380 g/mol. The maximum atomic E-state index is 12.7. The molecule has 132 valence electrons. The Bertz CT molecular complexity index is 759. The largest absolute Gasteiger partial charge is 0.340 e. The van der Waals surface area contributed by atoms with Crippen LogP contribution in [0.5, 0.6) is 0 Å². The first-order valence-corrected chi connectivity index (χ1v) is 9.16. The molecule has 0 fully saturated rings. The second-order valence-electron chi connectivity index (χ2n) is 6.22. The van der Waals surface area contributed by atoms with Gasteiger partial charge in [0.25, 0.3) is 5.91 Å². The zero-order valence-corrected chi connectivity index (χ0v) is 16.3. The summed E-state index contributed by atoms with van der Waals surface area (Å²) in [5, 5.41) is 5.75. The van der Waals surface area contributed by atoms with Crippen molar-refractivity contribution in [1.82, 2.24) is 5.32 Å². The molecule has 2 aromatic carbocycles. The van der Waals surface area contributed by atoms with Crippen LogP contribution in [0.15, 0.2) is 53.0 Å². The molecule has 0 heterocycles. The molecule has 2 N–H and O–H groups in total. The minimum absolute atomic E-state index is 0.0409. The Hall–Kier alpha value is -2.14. The van der Waals surface area contributed by atoms with Crippen LogP contribution in [-0.4, -0.2) is 17.9 Å². The molecule has 25 heavy (non-hydrogen) atoms. The predicted molar refractivity (Wildman–Crippen MR) is 105 cm³/mol. The van der Waals surface area contributed by atoms with Crippen molar-refractivity contribution < 1.29 is 9.59 Å². The van der Waals surface area contributed by atoms with Crippen LogP contribution in [0.25, 0.3) is 0 Å². The number of halogens is 1. The minimum atomic E-state index is -0.620. The molecule has 0 aromatic heterocycles. The van der Waals surface area contributed by atoms with Gasteiger partial charge in [0.05, 0.1) is 5.56 Å². The Morgan fingerprint density at radius 1 is 1.08 bits per heavy atom. The average molecular weight is 403 g/mol. The number of nitrogens with one attached hydrogen (secondary N) is 2. The van der Waals surface area contributed by atoms with Crippen LogP contribution in [-0.2, 0) is 11.2 Å². The van der Waals surface area contributed by atoms with Gasteiger partial charge in [-0.15, -0.1) is 0 Å². The van der Waals surface area contributed by atoms with Gasteiger partial charge in [-0.25, -0.2) is 0 Å². The highest BCUT2D eigenvalue weighted by Gasteiger charge is 2.25. The lowest BCUT2D eigenvalue weighted by atomic mass is 10.0. The van der Waals surface area contributed by atoms with Gasteiger partial charge in [0.15, 0.2) is 0 Å². The van der Waals surface area contributed by atoms with Crippen molar-refractivity contribution in [1.29, 1.82) is 0 Å². The normalized spacial score (nSPS) is 11.9. The van der Waals surface area contributed by atoms with E-state index in [-0.39, 0.29) is 17.7 Å². The molecule has 2 rings (SSSR count). The van der Waals surface area contributed by atoms with Gasteiger partial charge >= 0.3 is 0 Å². The Labute approximate surface area is 157 Å². The summed E-state index contributed by atoms with van der Waals surface area (Å²) in [4.78, 5) is 25.2. The third-order valence-electron chi connectivity index (χ3n) is 3.96. The molecule has 4 nitrogen and oxygen atoms in total. The van der Waals surface area contributed by atoms with Crippen LogP contribution in [0.2, 0.25) is 0 Å². The molecule has 5 heteroatoms. The number of amides is 2. The lowest BCUT2D eigenvalue weighted by Crippen LogP contribution is -2.47. The summed E-state index contributed by atoms with van der Waals surface area (Å²) in [7, 11) is 0. The number of aryl methyl sites for hydroxylation is 1. The molecule has 0 bridgehead atoms. The number of hydrogen-bond donors (Lipinski definition) is 2. The molecule has 0 spiro atoms. The Balaban J connectivity index is 2.13. The highest BCUT2D eigenvalue weighted by molar-refractivity contribution is 9.10. The van der Waals surface area contributed by atoms with Gasteiger partial charge in [0, 0.05) is 10.2 Å². The fraction of sp³-hybridized carbons (Fsp3) is 0.300. The van der Waals surface area contributed by atoms with Crippen LogP contribution in [0.4, 0.5) is 5.69 Å². The highest BCUT2D eigenvalue weighted by Crippen LogP contribution is 2.17. The van der Waals surface area contributed by atoms with Gasteiger partial charge < -0.3 is 10.6 Å². The van der Waals surface area contributed by atoms with Crippen LogP contribution >= 0.6 is 15.9 Å². The quantitative estimate of drug-likeness (QED) is 0.751. The van der Waals surface area contributed by atoms with E-state index in [1.54, 1.807) is 18.2 Å². The molecule has 0 saturated heterocycles. The molecule has 1 atom stereocenters. The van der Waals surface area contributed by atoms with Crippen molar-refractivity contribution in [3.05, 3.63) is 64.1 Å². The first-order valence-electron chi connectivity index (χ1n) is 8.37. The third-order valence-corrected chi connectivity index (χ3v) is 4.65. The number of carbonyl (C=O) groups excluding carboxylic acids is 2. The van der Waals surface area contributed by atoms with E-state index < -0.39 is 6.04 Å². The number of anilines is 1. The van der Waals surface area contributed by atoms with E-state index >= 15 is 0 Å². The summed E-state index contributed by atoms with van der Waals surface area (Å²) in [6.07, 6.45) is 0.899. The van der Waals surface area contributed by atoms with Crippen molar-refractivity contribution >= 4 is 33.4 Å². The van der Waals surface area contributed by atoms with Crippen molar-refractivity contribution in [2.45, 2.75) is 33.2 Å². The predicted octanol–water partition coefficient (Wildman–Crippen LogP) is 4.40. The Kier molecular flexibility index (Phi) is 6.76. The molecule has 2 amide bonds. The van der Waals surface area contributed by atoms with Crippen LogP contribution < -0.4 is 10.6 Å². The summed E-state index contributed by atoms with van der Waals surface area (Å²) in [5.41, 5.74) is 2.40. The van der Waals surface area contributed by atoms with Gasteiger partial charge in [0.2, 0.25) is 5.91 Å². The SMILES string of the molecule is CCc1cccc(NC(=O)C(NC(=O)c2ccccc2Br)C(C)C)c1. The number of benzene rings is 2. The summed E-state index contributed by atoms with van der Waals surface area (Å²) < 4.78 is 0.700. The van der Waals surface area contributed by atoms with Crippen LogP contribution in [0.3, 0.4) is 0 Å². The zero-order valence-electron chi connectivity index (χ0n) is 14.7. The first-order chi connectivity index (χ1) is 11.9. The summed E-state index contributed by atoms with van der Waals surface area (Å²) in [5.74, 6) is -0.534. The van der Waals surface area contributed by atoms with Crippen LogP contribution in [0.1, 0.15) is 36.7 Å². The molecule has 1 unspecified atom stereocenters. The monoisotopic (exact) mass is 402 g/mol. The average Bonchev–Trinajstić information content (AvgIpc) is 2.59. The van der Waals surface area contributed by atoms with Crippen molar-refractivity contribution in [3.8, 4) is 0 Å². The van der Waals surface area contributed by atoms with E-state index in [1.165, 1.54) is 0 Å². The molecule has 2 aromatic rings. The molecule has 0 aliphatic rings. The Morgan fingerprint density at radius 3 is 2.44 bits per heavy atom. The van der Waals surface area contributed by atoms with E-state index in [1.807, 2.05) is 44.2 Å². The number of hydrogen-bond acceptors (Lipinski definition) is 2. The van der Waals surface area contributed by atoms with E-state index in [2.05, 4.69) is 33.5 Å². The van der Waals surface area contributed by atoms with E-state index in [9.17, 15) is 9.59 Å². The van der Waals surface area contributed by atoms with Crippen LogP contribution in [0, 0.1) is 5.92 Å². The third kappa shape index (κ3) is 5.16. The molecule has 0 aliphatic heterocycles. The minimum Gasteiger partial charge on any atom is -0.340 e. The lowest BCUT2D eigenvalue weighted by molar-refractivity contribution is -0.118. The number of carbonyl (C=O) groups is 2. The standard InChI is InChI=1S/C20H23BrN2O2/c1-4-14-8-7-9-15(12-14)22-20(25)18(13(2)3)23-19(24)16-10-5-6-11-17(16)21/h5-13,18H,4H2,1-3H3,(H,22,25)(H,23,24). The fourth-order valence-corrected chi connectivity index (χ4v) is 2.95. The van der Waals surface area contributed by atoms with Gasteiger partial charge in [-0.3, -0.25) is 9.59 Å². The molecule has 0 saturated carbocycles. The maximum absolute atomic E-state index is 12.7. The topological polar surface area (TPSA) is 58.2 Å². The van der Waals surface area contributed by atoms with Gasteiger partial charge in [-0.2, -0.15) is 0 Å². The second kappa shape index (κ2) is 8.81. The zero-order chi connectivity index (χ0) is 18.4. The maximum Gasteiger partial charge on any atom is 0.253 e. The summed E-state index contributed by atoms with van der Waals surface area (Å²) >= 11 is 3.37. The first kappa shape index (κ1) is 19.2. The summed E-state index contributed by atoms with van der Waals surface area (Å²) in [6, 6.07) is 14.3. The molecule has 0 aliphatic carbocycles. The second-order valence-corrected chi connectivity index (χ2v) is 7.07. The fourth-order valence-electron chi connectivity index (χ4n) is 2.49. The number of rotatable bonds is 6. The van der Waals surface area contributed by atoms with Crippen molar-refractivity contribution in [3.63, 3.8) is 0 Å². The van der Waals surface area contributed by atoms with E-state index in [4.69, 9.17) is 0 Å². The highest BCUT2D eigenvalue weighted by atomic mass is 79.9. The lowest BCUT2D eigenvalue weighted by Gasteiger charge is -2.22. The van der Waals surface area contributed by atoms with Gasteiger partial charge in [-0.1, -0.05) is 45.0 Å². The van der Waals surface area contributed by atoms with E-state index in [0.29, 0.717) is 10.0 Å². The van der Waals surface area contributed by atoms with Crippen molar-refractivity contribution in [2.24, 2.45) is 5.92 Å². The van der Waals surface area contributed by atoms with Crippen molar-refractivity contribution in [2.75, 3.05) is 5.32 Å². The van der Waals surface area contributed by atoms with E-state index in [0.717, 1.165) is 17.7 Å².